The first-order chi connectivity index (χ1) is 10.4. The van der Waals surface area contributed by atoms with E-state index in [2.05, 4.69) is 15.1 Å². The summed E-state index contributed by atoms with van der Waals surface area (Å²) < 4.78 is 0. The standard InChI is InChI=1S/C18H35N3/c1(3-11-19-17-7-8-17)4-12-20-15-9-18(10-16-20)21-13-5-2-6-14-21/h17-19H,1-16H2. The molecule has 0 aromatic rings. The van der Waals surface area contributed by atoms with E-state index in [4.69, 9.17) is 0 Å². The Kier molecular flexibility index (Phi) is 6.38. The van der Waals surface area contributed by atoms with Gasteiger partial charge in [-0.3, -0.25) is 0 Å². The highest BCUT2D eigenvalue weighted by atomic mass is 15.2. The molecule has 2 saturated heterocycles. The highest BCUT2D eigenvalue weighted by Crippen LogP contribution is 2.21. The Labute approximate surface area is 131 Å². The van der Waals surface area contributed by atoms with Crippen LogP contribution in [0.5, 0.6) is 0 Å². The molecular formula is C18H35N3. The Morgan fingerprint density at radius 3 is 2.24 bits per heavy atom. The average molecular weight is 293 g/mol. The minimum absolute atomic E-state index is 0.888. The van der Waals surface area contributed by atoms with Crippen molar-refractivity contribution in [2.24, 2.45) is 0 Å². The van der Waals surface area contributed by atoms with Gasteiger partial charge in [0.1, 0.15) is 0 Å². The SMILES string of the molecule is C(CCNC1CC1)CCN1CCC(N2CCCCC2)CC1. The van der Waals surface area contributed by atoms with Gasteiger partial charge in [-0.2, -0.15) is 0 Å². The van der Waals surface area contributed by atoms with Crippen LogP contribution in [0.4, 0.5) is 0 Å². The van der Waals surface area contributed by atoms with E-state index < -0.39 is 0 Å². The average Bonchev–Trinajstić information content (AvgIpc) is 3.36. The van der Waals surface area contributed by atoms with E-state index in [1.165, 1.54) is 103 Å². The summed E-state index contributed by atoms with van der Waals surface area (Å²) in [6.45, 7) is 8.04. The number of piperidine rings is 2. The second-order valence-corrected chi connectivity index (χ2v) is 7.46. The van der Waals surface area contributed by atoms with Crippen LogP contribution in [0.1, 0.15) is 64.2 Å². The van der Waals surface area contributed by atoms with Crippen molar-refractivity contribution >= 4 is 0 Å². The van der Waals surface area contributed by atoms with E-state index >= 15 is 0 Å². The van der Waals surface area contributed by atoms with Crippen LogP contribution in [-0.4, -0.2) is 61.2 Å². The van der Waals surface area contributed by atoms with Gasteiger partial charge in [-0.1, -0.05) is 12.8 Å². The predicted molar refractivity (Wildman–Crippen MR) is 89.8 cm³/mol. The Hall–Kier alpha value is -0.120. The van der Waals surface area contributed by atoms with Crippen molar-refractivity contribution in [3.05, 3.63) is 0 Å². The van der Waals surface area contributed by atoms with Crippen molar-refractivity contribution in [1.82, 2.24) is 15.1 Å². The molecule has 0 amide bonds. The molecule has 2 heterocycles. The fourth-order valence-corrected chi connectivity index (χ4v) is 4.02. The normalized spacial score (nSPS) is 26.3. The molecule has 0 spiro atoms. The minimum atomic E-state index is 0.888. The molecule has 3 aliphatic rings. The third-order valence-corrected chi connectivity index (χ3v) is 5.63. The van der Waals surface area contributed by atoms with Gasteiger partial charge in [-0.15, -0.1) is 0 Å². The number of rotatable bonds is 8. The summed E-state index contributed by atoms with van der Waals surface area (Å²) >= 11 is 0. The van der Waals surface area contributed by atoms with E-state index in [0.29, 0.717) is 0 Å². The summed E-state index contributed by atoms with van der Waals surface area (Å²) in [6, 6.07) is 1.79. The predicted octanol–water partition coefficient (Wildman–Crippen LogP) is 2.86. The zero-order valence-electron chi connectivity index (χ0n) is 13.9. The zero-order valence-corrected chi connectivity index (χ0v) is 13.9. The third-order valence-electron chi connectivity index (χ3n) is 5.63. The summed E-state index contributed by atoms with van der Waals surface area (Å²) in [4.78, 5) is 5.50. The maximum atomic E-state index is 3.62. The Bertz CT molecular complexity index is 276. The highest BCUT2D eigenvalue weighted by molar-refractivity contribution is 4.82. The van der Waals surface area contributed by atoms with Gasteiger partial charge in [-0.25, -0.2) is 0 Å². The first-order valence-corrected chi connectivity index (χ1v) is 9.61. The Morgan fingerprint density at radius 1 is 0.762 bits per heavy atom. The molecule has 1 N–H and O–H groups in total. The molecule has 2 aliphatic heterocycles. The monoisotopic (exact) mass is 293 g/mol. The molecule has 0 aromatic carbocycles. The van der Waals surface area contributed by atoms with Gasteiger partial charge < -0.3 is 15.1 Å². The van der Waals surface area contributed by atoms with Crippen LogP contribution in [0.3, 0.4) is 0 Å². The van der Waals surface area contributed by atoms with Gasteiger partial charge in [0.2, 0.25) is 0 Å². The molecule has 0 radical (unpaired) electrons. The molecule has 3 nitrogen and oxygen atoms in total. The molecule has 0 atom stereocenters. The molecule has 0 aromatic heterocycles. The lowest BCUT2D eigenvalue weighted by Gasteiger charge is -2.40. The molecular weight excluding hydrogens is 258 g/mol. The van der Waals surface area contributed by atoms with Gasteiger partial charge in [0, 0.05) is 12.1 Å². The summed E-state index contributed by atoms with van der Waals surface area (Å²) in [5, 5.41) is 3.62. The van der Waals surface area contributed by atoms with Crippen LogP contribution in [0, 0.1) is 0 Å². The fourth-order valence-electron chi connectivity index (χ4n) is 4.02. The maximum Gasteiger partial charge on any atom is 0.0120 e. The van der Waals surface area contributed by atoms with E-state index in [0.717, 1.165) is 12.1 Å². The molecule has 3 fully saturated rings. The lowest BCUT2D eigenvalue weighted by Crippen LogP contribution is -2.46. The first kappa shape index (κ1) is 15.8. The van der Waals surface area contributed by atoms with Crippen LogP contribution in [-0.2, 0) is 0 Å². The Balaban J connectivity index is 1.20. The minimum Gasteiger partial charge on any atom is -0.314 e. The molecule has 21 heavy (non-hydrogen) atoms. The summed E-state index contributed by atoms with van der Waals surface area (Å²) in [5.74, 6) is 0. The molecule has 1 saturated carbocycles. The van der Waals surface area contributed by atoms with Crippen molar-refractivity contribution in [3.63, 3.8) is 0 Å². The lowest BCUT2D eigenvalue weighted by atomic mass is 9.99. The number of nitrogens with zero attached hydrogens (tertiary/aromatic N) is 2. The Morgan fingerprint density at radius 2 is 1.52 bits per heavy atom. The van der Waals surface area contributed by atoms with Crippen LogP contribution in [0.15, 0.2) is 0 Å². The third kappa shape index (κ3) is 5.54. The van der Waals surface area contributed by atoms with Crippen molar-refractivity contribution < 1.29 is 0 Å². The van der Waals surface area contributed by atoms with Gasteiger partial charge >= 0.3 is 0 Å². The van der Waals surface area contributed by atoms with Gasteiger partial charge in [0.05, 0.1) is 0 Å². The van der Waals surface area contributed by atoms with Gasteiger partial charge in [-0.05, 0) is 90.6 Å². The largest absolute Gasteiger partial charge is 0.314 e. The van der Waals surface area contributed by atoms with Crippen molar-refractivity contribution in [2.45, 2.75) is 76.3 Å². The van der Waals surface area contributed by atoms with Crippen LogP contribution >= 0.6 is 0 Å². The summed E-state index contributed by atoms with van der Waals surface area (Å²) in [7, 11) is 0. The van der Waals surface area contributed by atoms with Crippen LogP contribution < -0.4 is 5.32 Å². The van der Waals surface area contributed by atoms with Crippen molar-refractivity contribution in [1.29, 1.82) is 0 Å². The second kappa shape index (κ2) is 8.50. The van der Waals surface area contributed by atoms with Crippen LogP contribution in [0.2, 0.25) is 0 Å². The number of unbranched alkanes of at least 4 members (excludes halogenated alkanes) is 2. The van der Waals surface area contributed by atoms with Crippen molar-refractivity contribution in [3.8, 4) is 0 Å². The summed E-state index contributed by atoms with van der Waals surface area (Å²) in [5.41, 5.74) is 0. The number of nitrogens with one attached hydrogen (secondary N) is 1. The molecule has 3 heteroatoms. The van der Waals surface area contributed by atoms with E-state index in [1.54, 1.807) is 0 Å². The smallest absolute Gasteiger partial charge is 0.0120 e. The van der Waals surface area contributed by atoms with Gasteiger partial charge in [0.15, 0.2) is 0 Å². The lowest BCUT2D eigenvalue weighted by molar-refractivity contribution is 0.0918. The number of likely N-dealkylation sites (tertiary alicyclic amines) is 2. The highest BCUT2D eigenvalue weighted by Gasteiger charge is 2.25. The van der Waals surface area contributed by atoms with E-state index in [-0.39, 0.29) is 0 Å². The van der Waals surface area contributed by atoms with E-state index in [9.17, 15) is 0 Å². The quantitative estimate of drug-likeness (QED) is 0.694. The number of hydrogen-bond acceptors (Lipinski definition) is 3. The second-order valence-electron chi connectivity index (χ2n) is 7.46. The first-order valence-electron chi connectivity index (χ1n) is 9.61. The van der Waals surface area contributed by atoms with E-state index in [1.807, 2.05) is 0 Å². The summed E-state index contributed by atoms with van der Waals surface area (Å²) in [6.07, 6.45) is 14.2. The van der Waals surface area contributed by atoms with Gasteiger partial charge in [0.25, 0.3) is 0 Å². The maximum absolute atomic E-state index is 3.62. The number of hydrogen-bond donors (Lipinski definition) is 1. The van der Waals surface area contributed by atoms with Crippen molar-refractivity contribution in [2.75, 3.05) is 39.3 Å². The zero-order chi connectivity index (χ0) is 14.3. The fraction of sp³-hybridized carbons (Fsp3) is 1.00. The topological polar surface area (TPSA) is 18.5 Å². The molecule has 3 rings (SSSR count). The molecule has 0 unspecified atom stereocenters. The molecule has 0 bridgehead atoms. The molecule has 122 valence electrons. The molecule has 1 aliphatic carbocycles. The van der Waals surface area contributed by atoms with Crippen LogP contribution in [0.25, 0.3) is 0 Å².